The lowest BCUT2D eigenvalue weighted by Gasteiger charge is -2.14. The van der Waals surface area contributed by atoms with Gasteiger partial charge in [0.2, 0.25) is 0 Å². The van der Waals surface area contributed by atoms with Crippen molar-refractivity contribution in [3.63, 3.8) is 0 Å². The molecule has 0 amide bonds. The van der Waals surface area contributed by atoms with Gasteiger partial charge in [0.15, 0.2) is 5.82 Å². The molecule has 5 rings (SSSR count). The van der Waals surface area contributed by atoms with Crippen molar-refractivity contribution in [1.29, 1.82) is 0 Å². The van der Waals surface area contributed by atoms with Gasteiger partial charge in [-0.2, -0.15) is 0 Å². The van der Waals surface area contributed by atoms with Gasteiger partial charge in [0.05, 0.1) is 21.6 Å². The fraction of sp³-hybridized carbons (Fsp3) is 0.0400. The predicted octanol–water partition coefficient (Wildman–Crippen LogP) is 5.83. The van der Waals surface area contributed by atoms with Gasteiger partial charge in [-0.1, -0.05) is 66.2 Å². The zero-order chi connectivity index (χ0) is 22.1. The lowest BCUT2D eigenvalue weighted by atomic mass is 10.0. The Hall–Kier alpha value is -3.48. The minimum atomic E-state index is -3.87. The summed E-state index contributed by atoms with van der Waals surface area (Å²) in [5.74, 6) is 0.214. The lowest BCUT2D eigenvalue weighted by Crippen LogP contribution is -2.16. The first kappa shape index (κ1) is 20.4. The first-order valence-corrected chi connectivity index (χ1v) is 11.9. The van der Waals surface area contributed by atoms with E-state index in [2.05, 4.69) is 27.9 Å². The number of benzene rings is 4. The molecule has 0 bridgehead atoms. The maximum atomic E-state index is 13.0. The van der Waals surface area contributed by atoms with Crippen molar-refractivity contribution >= 4 is 49.2 Å². The van der Waals surface area contributed by atoms with Crippen molar-refractivity contribution in [2.75, 3.05) is 4.72 Å². The highest BCUT2D eigenvalue weighted by Gasteiger charge is 2.19. The fourth-order valence-corrected chi connectivity index (χ4v) is 4.82. The molecule has 1 heterocycles. The Labute approximate surface area is 190 Å². The number of fused-ring (bicyclic) bond motifs is 2. The minimum Gasteiger partial charge on any atom is -0.262 e. The van der Waals surface area contributed by atoms with E-state index in [-0.39, 0.29) is 10.7 Å². The zero-order valence-corrected chi connectivity index (χ0v) is 18.4. The van der Waals surface area contributed by atoms with Crippen LogP contribution >= 0.6 is 11.6 Å². The van der Waals surface area contributed by atoms with Gasteiger partial charge in [0, 0.05) is 11.4 Å². The van der Waals surface area contributed by atoms with Crippen LogP contribution in [0.3, 0.4) is 0 Å². The average molecular weight is 460 g/mol. The highest BCUT2D eigenvalue weighted by molar-refractivity contribution is 7.92. The first-order valence-electron chi connectivity index (χ1n) is 10.0. The summed E-state index contributed by atoms with van der Waals surface area (Å²) in [4.78, 5) is 9.46. The van der Waals surface area contributed by atoms with E-state index < -0.39 is 10.0 Å². The van der Waals surface area contributed by atoms with Crippen molar-refractivity contribution in [2.24, 2.45) is 0 Å². The van der Waals surface area contributed by atoms with Gasteiger partial charge >= 0.3 is 0 Å². The van der Waals surface area contributed by atoms with Gasteiger partial charge < -0.3 is 0 Å². The molecule has 5 nitrogen and oxygen atoms in total. The topological polar surface area (TPSA) is 72.0 Å². The molecule has 0 spiro atoms. The average Bonchev–Trinajstić information content (AvgIpc) is 2.80. The Bertz CT molecular complexity index is 1550. The molecule has 0 unspecified atom stereocenters. The molecule has 5 aromatic rings. The van der Waals surface area contributed by atoms with E-state index in [1.807, 2.05) is 48.5 Å². The van der Waals surface area contributed by atoms with Crippen LogP contribution in [0.15, 0.2) is 95.9 Å². The molecular formula is C25H18ClN3O2S. The maximum absolute atomic E-state index is 13.0. The molecular weight excluding hydrogens is 442 g/mol. The van der Waals surface area contributed by atoms with Crippen LogP contribution in [-0.2, 0) is 16.4 Å². The van der Waals surface area contributed by atoms with Gasteiger partial charge in [-0.3, -0.25) is 4.72 Å². The third-order valence-electron chi connectivity index (χ3n) is 5.24. The number of hydrogen-bond acceptors (Lipinski definition) is 4. The van der Waals surface area contributed by atoms with Crippen LogP contribution in [0.1, 0.15) is 11.3 Å². The number of nitrogens with zero attached hydrogens (tertiary/aromatic N) is 2. The van der Waals surface area contributed by atoms with E-state index in [9.17, 15) is 8.42 Å². The summed E-state index contributed by atoms with van der Waals surface area (Å²) in [6.45, 7) is 0. The molecule has 0 saturated heterocycles. The van der Waals surface area contributed by atoms with E-state index >= 15 is 0 Å². The fourth-order valence-electron chi connectivity index (χ4n) is 3.67. The Morgan fingerprint density at radius 1 is 0.750 bits per heavy atom. The molecule has 0 radical (unpaired) electrons. The molecule has 1 N–H and O–H groups in total. The molecule has 0 aliphatic heterocycles. The Morgan fingerprint density at radius 3 is 2.19 bits per heavy atom. The summed E-state index contributed by atoms with van der Waals surface area (Å²) in [5.41, 5.74) is 2.91. The van der Waals surface area contributed by atoms with Gasteiger partial charge in [-0.05, 0) is 52.7 Å². The second-order valence-electron chi connectivity index (χ2n) is 7.38. The minimum absolute atomic E-state index is 0.105. The number of nitrogens with one attached hydrogen (secondary N) is 1. The summed E-state index contributed by atoms with van der Waals surface area (Å²) in [5, 5.41) is 2.67. The molecule has 0 aliphatic carbocycles. The highest BCUT2D eigenvalue weighted by atomic mass is 35.5. The van der Waals surface area contributed by atoms with Gasteiger partial charge in [0.1, 0.15) is 0 Å². The van der Waals surface area contributed by atoms with Crippen molar-refractivity contribution in [3.05, 3.63) is 107 Å². The van der Waals surface area contributed by atoms with Crippen molar-refractivity contribution < 1.29 is 8.42 Å². The lowest BCUT2D eigenvalue weighted by molar-refractivity contribution is 0.601. The smallest absolute Gasteiger partial charge is 0.262 e. The van der Waals surface area contributed by atoms with Crippen LogP contribution in [0.4, 0.5) is 5.82 Å². The summed E-state index contributed by atoms with van der Waals surface area (Å²) < 4.78 is 28.7. The molecule has 4 aromatic carbocycles. The first-order chi connectivity index (χ1) is 15.5. The number of hydrogen-bond donors (Lipinski definition) is 1. The molecule has 32 heavy (non-hydrogen) atoms. The summed E-state index contributed by atoms with van der Waals surface area (Å²) >= 11 is 5.91. The van der Waals surface area contributed by atoms with Crippen molar-refractivity contribution in [1.82, 2.24) is 9.97 Å². The van der Waals surface area contributed by atoms with Crippen LogP contribution < -0.4 is 4.72 Å². The normalized spacial score (nSPS) is 11.7. The van der Waals surface area contributed by atoms with Crippen LogP contribution in [0.2, 0.25) is 5.02 Å². The number of para-hydroxylation sites is 2. The number of aromatic nitrogens is 2. The second-order valence-corrected chi connectivity index (χ2v) is 9.50. The highest BCUT2D eigenvalue weighted by Crippen LogP contribution is 2.26. The van der Waals surface area contributed by atoms with E-state index in [1.165, 1.54) is 12.1 Å². The van der Waals surface area contributed by atoms with Crippen molar-refractivity contribution in [3.8, 4) is 0 Å². The Kier molecular flexibility index (Phi) is 5.25. The molecule has 1 aromatic heterocycles. The largest absolute Gasteiger partial charge is 0.263 e. The molecule has 0 atom stereocenters. The van der Waals surface area contributed by atoms with Crippen LogP contribution in [0.5, 0.6) is 0 Å². The van der Waals surface area contributed by atoms with E-state index in [1.54, 1.807) is 12.1 Å². The maximum Gasteiger partial charge on any atom is 0.263 e. The standard InChI is InChI=1S/C25H18ClN3O2S/c26-19-12-14-20(15-13-19)32(30,31)29-25-24(27-22-10-3-4-11-23(22)28-25)16-18-8-5-7-17-6-1-2-9-21(17)18/h1-15H,16H2,(H,28,29). The second kappa shape index (κ2) is 8.22. The molecule has 0 fully saturated rings. The molecule has 7 heteroatoms. The van der Waals surface area contributed by atoms with Crippen LogP contribution in [0.25, 0.3) is 21.8 Å². The summed E-state index contributed by atoms with van der Waals surface area (Å²) in [6, 6.07) is 27.6. The monoisotopic (exact) mass is 459 g/mol. The van der Waals surface area contributed by atoms with Gasteiger partial charge in [-0.25, -0.2) is 18.4 Å². The predicted molar refractivity (Wildman–Crippen MR) is 129 cm³/mol. The van der Waals surface area contributed by atoms with Crippen molar-refractivity contribution in [2.45, 2.75) is 11.3 Å². The van der Waals surface area contributed by atoms with Gasteiger partial charge in [-0.15, -0.1) is 0 Å². The third kappa shape index (κ3) is 4.02. The Balaban J connectivity index is 1.61. The summed E-state index contributed by atoms with van der Waals surface area (Å²) in [7, 11) is -3.87. The number of anilines is 1. The van der Waals surface area contributed by atoms with E-state index in [0.717, 1.165) is 16.3 Å². The number of sulfonamides is 1. The SMILES string of the molecule is O=S(=O)(Nc1nc2ccccc2nc1Cc1cccc2ccccc12)c1ccc(Cl)cc1. The number of halogens is 1. The molecule has 0 aliphatic rings. The van der Waals surface area contributed by atoms with Crippen LogP contribution in [-0.4, -0.2) is 18.4 Å². The van der Waals surface area contributed by atoms with Crippen LogP contribution in [0, 0.1) is 0 Å². The number of rotatable bonds is 5. The van der Waals surface area contributed by atoms with E-state index in [0.29, 0.717) is 28.2 Å². The molecule has 158 valence electrons. The quantitative estimate of drug-likeness (QED) is 0.359. The van der Waals surface area contributed by atoms with E-state index in [4.69, 9.17) is 16.6 Å². The third-order valence-corrected chi connectivity index (χ3v) is 6.84. The van der Waals surface area contributed by atoms with Gasteiger partial charge in [0.25, 0.3) is 10.0 Å². The summed E-state index contributed by atoms with van der Waals surface area (Å²) in [6.07, 6.45) is 0.428. The zero-order valence-electron chi connectivity index (χ0n) is 16.9. The Morgan fingerprint density at radius 2 is 1.41 bits per heavy atom. The molecule has 0 saturated carbocycles.